The summed E-state index contributed by atoms with van der Waals surface area (Å²) in [5.41, 5.74) is 0.450. The third kappa shape index (κ3) is 4.13. The second-order valence-electron chi connectivity index (χ2n) is 5.96. The highest BCUT2D eigenvalue weighted by atomic mass is 35.5. The molecule has 2 fully saturated rings. The molecule has 126 valence electrons. The number of ether oxygens (including phenoxy) is 2. The Kier molecular flexibility index (Phi) is 5.35. The number of rotatable bonds is 3. The fourth-order valence-electron chi connectivity index (χ4n) is 2.83. The van der Waals surface area contributed by atoms with Crippen LogP contribution in [0.5, 0.6) is 5.88 Å². The molecule has 3 rings (SSSR count). The largest absolute Gasteiger partial charge is 0.473 e. The molecule has 1 aromatic heterocycles. The van der Waals surface area contributed by atoms with Gasteiger partial charge in [-0.3, -0.25) is 4.79 Å². The van der Waals surface area contributed by atoms with Gasteiger partial charge in [0.2, 0.25) is 5.88 Å². The molecule has 1 N–H and O–H groups in total. The summed E-state index contributed by atoms with van der Waals surface area (Å²) in [5, 5.41) is 9.87. The molecule has 0 spiro atoms. The van der Waals surface area contributed by atoms with Crippen LogP contribution in [0.25, 0.3) is 0 Å². The van der Waals surface area contributed by atoms with Gasteiger partial charge in [0.25, 0.3) is 5.91 Å². The zero-order valence-corrected chi connectivity index (χ0v) is 13.7. The molecule has 2 aliphatic heterocycles. The van der Waals surface area contributed by atoms with Crippen molar-refractivity contribution in [1.82, 2.24) is 9.88 Å². The van der Waals surface area contributed by atoms with Gasteiger partial charge in [0.05, 0.1) is 24.9 Å². The quantitative estimate of drug-likeness (QED) is 0.909. The molecule has 6 nitrogen and oxygen atoms in total. The Balaban J connectivity index is 1.65. The van der Waals surface area contributed by atoms with Gasteiger partial charge >= 0.3 is 0 Å². The van der Waals surface area contributed by atoms with Crippen molar-refractivity contribution in [3.8, 4) is 5.88 Å². The molecule has 0 aliphatic carbocycles. The Bertz CT molecular complexity index is 555. The van der Waals surface area contributed by atoms with Crippen LogP contribution < -0.4 is 4.74 Å². The number of amides is 1. The summed E-state index contributed by atoms with van der Waals surface area (Å²) < 4.78 is 11.1. The number of halogens is 1. The number of hydrogen-bond acceptors (Lipinski definition) is 5. The first-order valence-electron chi connectivity index (χ1n) is 8.01. The van der Waals surface area contributed by atoms with Gasteiger partial charge in [0.15, 0.2) is 0 Å². The highest BCUT2D eigenvalue weighted by molar-refractivity contribution is 6.32. The predicted molar refractivity (Wildman–Crippen MR) is 84.9 cm³/mol. The monoisotopic (exact) mass is 340 g/mol. The zero-order valence-electron chi connectivity index (χ0n) is 12.9. The molecule has 0 saturated carbocycles. The van der Waals surface area contributed by atoms with E-state index in [1.165, 1.54) is 6.20 Å². The topological polar surface area (TPSA) is 71.9 Å². The molecule has 3 heterocycles. The van der Waals surface area contributed by atoms with Gasteiger partial charge in [0.1, 0.15) is 11.1 Å². The summed E-state index contributed by atoms with van der Waals surface area (Å²) in [6, 6.07) is 1.61. The number of nitrogens with zero attached hydrogens (tertiary/aromatic N) is 2. The van der Waals surface area contributed by atoms with Crippen molar-refractivity contribution in [3.05, 3.63) is 22.8 Å². The minimum atomic E-state index is -0.309. The van der Waals surface area contributed by atoms with Crippen LogP contribution in [-0.4, -0.2) is 59.4 Å². The van der Waals surface area contributed by atoms with E-state index in [0.717, 1.165) is 12.8 Å². The Morgan fingerprint density at radius 2 is 2.00 bits per heavy atom. The van der Waals surface area contributed by atoms with Gasteiger partial charge in [-0.15, -0.1) is 0 Å². The number of aliphatic hydroxyl groups is 1. The lowest BCUT2D eigenvalue weighted by Gasteiger charge is -2.29. The van der Waals surface area contributed by atoms with Crippen molar-refractivity contribution in [2.75, 3.05) is 26.3 Å². The van der Waals surface area contributed by atoms with Crippen LogP contribution in [0.4, 0.5) is 0 Å². The summed E-state index contributed by atoms with van der Waals surface area (Å²) in [6.07, 6.45) is 4.10. The second-order valence-corrected chi connectivity index (χ2v) is 6.37. The van der Waals surface area contributed by atoms with Crippen molar-refractivity contribution in [3.63, 3.8) is 0 Å². The number of carbonyl (C=O) groups excluding carboxylic acids is 1. The van der Waals surface area contributed by atoms with Crippen molar-refractivity contribution >= 4 is 17.5 Å². The molecule has 0 radical (unpaired) electrons. The second kappa shape index (κ2) is 7.47. The Morgan fingerprint density at radius 3 is 2.65 bits per heavy atom. The molecule has 2 aliphatic rings. The van der Waals surface area contributed by atoms with Crippen LogP contribution in [0.2, 0.25) is 5.02 Å². The minimum absolute atomic E-state index is 0.0545. The van der Waals surface area contributed by atoms with Crippen LogP contribution in [-0.2, 0) is 4.74 Å². The number of carbonyl (C=O) groups is 1. The van der Waals surface area contributed by atoms with Crippen LogP contribution in [0.1, 0.15) is 36.0 Å². The number of aromatic nitrogens is 1. The number of likely N-dealkylation sites (tertiary alicyclic amines) is 1. The van der Waals surface area contributed by atoms with E-state index >= 15 is 0 Å². The summed E-state index contributed by atoms with van der Waals surface area (Å²) in [6.45, 7) is 2.47. The molecular formula is C16H21ClN2O4. The molecule has 7 heteroatoms. The molecule has 0 aromatic carbocycles. The number of hydrogen-bond donors (Lipinski definition) is 1. The van der Waals surface area contributed by atoms with E-state index in [9.17, 15) is 9.90 Å². The summed E-state index contributed by atoms with van der Waals surface area (Å²) in [7, 11) is 0. The van der Waals surface area contributed by atoms with Gasteiger partial charge < -0.3 is 19.5 Å². The van der Waals surface area contributed by atoms with Gasteiger partial charge in [0, 0.05) is 32.1 Å². The molecule has 0 bridgehead atoms. The number of pyridine rings is 1. The maximum absolute atomic E-state index is 12.4. The molecule has 1 aromatic rings. The average molecular weight is 341 g/mol. The Hall–Kier alpha value is -1.37. The lowest BCUT2D eigenvalue weighted by atomic mass is 10.1. The minimum Gasteiger partial charge on any atom is -0.473 e. The first-order valence-corrected chi connectivity index (χ1v) is 8.38. The maximum Gasteiger partial charge on any atom is 0.255 e. The van der Waals surface area contributed by atoms with Crippen molar-refractivity contribution in [1.29, 1.82) is 0 Å². The standard InChI is InChI=1S/C16H21ClN2O4/c17-14-9-11(16(21)19-5-1-12(20)2-6-19)10-18-15(14)23-13-3-7-22-8-4-13/h9-10,12-13,20H,1-8H2. The van der Waals surface area contributed by atoms with Crippen LogP contribution in [0, 0.1) is 0 Å². The van der Waals surface area contributed by atoms with Gasteiger partial charge in [-0.25, -0.2) is 4.98 Å². The summed E-state index contributed by atoms with van der Waals surface area (Å²) in [5.74, 6) is 0.257. The fourth-order valence-corrected chi connectivity index (χ4v) is 3.04. The van der Waals surface area contributed by atoms with Crippen LogP contribution >= 0.6 is 11.6 Å². The summed E-state index contributed by atoms with van der Waals surface area (Å²) in [4.78, 5) is 18.4. The predicted octanol–water partition coefficient (Wildman–Crippen LogP) is 1.89. The fraction of sp³-hybridized carbons (Fsp3) is 0.625. The molecular weight excluding hydrogens is 320 g/mol. The van der Waals surface area contributed by atoms with Gasteiger partial charge in [-0.05, 0) is 18.9 Å². The van der Waals surface area contributed by atoms with E-state index < -0.39 is 0 Å². The maximum atomic E-state index is 12.4. The average Bonchev–Trinajstić information content (AvgIpc) is 2.58. The summed E-state index contributed by atoms with van der Waals surface area (Å²) >= 11 is 6.23. The van der Waals surface area contributed by atoms with E-state index in [4.69, 9.17) is 21.1 Å². The number of piperidine rings is 1. The van der Waals surface area contributed by atoms with Crippen molar-refractivity contribution in [2.45, 2.75) is 37.9 Å². The molecule has 23 heavy (non-hydrogen) atoms. The van der Waals surface area contributed by atoms with Crippen LogP contribution in [0.3, 0.4) is 0 Å². The van der Waals surface area contributed by atoms with Crippen molar-refractivity contribution < 1.29 is 19.4 Å². The van der Waals surface area contributed by atoms with Gasteiger partial charge in [-0.2, -0.15) is 0 Å². The normalized spacial score (nSPS) is 20.5. The lowest BCUT2D eigenvalue weighted by Crippen LogP contribution is -2.40. The highest BCUT2D eigenvalue weighted by Gasteiger charge is 2.24. The van der Waals surface area contributed by atoms with E-state index in [2.05, 4.69) is 4.98 Å². The van der Waals surface area contributed by atoms with Crippen molar-refractivity contribution in [2.24, 2.45) is 0 Å². The molecule has 0 unspecified atom stereocenters. The molecule has 2 saturated heterocycles. The highest BCUT2D eigenvalue weighted by Crippen LogP contribution is 2.26. The molecule has 0 atom stereocenters. The molecule has 1 amide bonds. The number of aliphatic hydroxyl groups excluding tert-OH is 1. The Morgan fingerprint density at radius 1 is 1.30 bits per heavy atom. The third-order valence-electron chi connectivity index (χ3n) is 4.25. The van der Waals surface area contributed by atoms with Crippen LogP contribution in [0.15, 0.2) is 12.3 Å². The lowest BCUT2D eigenvalue weighted by molar-refractivity contribution is 0.0238. The SMILES string of the molecule is O=C(c1cnc(OC2CCOCC2)c(Cl)c1)N1CCC(O)CC1. The zero-order chi connectivity index (χ0) is 16.2. The third-order valence-corrected chi connectivity index (χ3v) is 4.52. The van der Waals surface area contributed by atoms with E-state index in [1.807, 2.05) is 0 Å². The van der Waals surface area contributed by atoms with E-state index in [-0.39, 0.29) is 18.1 Å². The van der Waals surface area contributed by atoms with Gasteiger partial charge in [-0.1, -0.05) is 11.6 Å². The smallest absolute Gasteiger partial charge is 0.255 e. The first kappa shape index (κ1) is 16.5. The Labute approximate surface area is 140 Å². The van der Waals surface area contributed by atoms with E-state index in [0.29, 0.717) is 55.6 Å². The van der Waals surface area contributed by atoms with E-state index in [1.54, 1.807) is 11.0 Å². The first-order chi connectivity index (χ1) is 11.1.